The zero-order chi connectivity index (χ0) is 19.3. The van der Waals surface area contributed by atoms with Crippen molar-refractivity contribution < 1.29 is 13.9 Å². The van der Waals surface area contributed by atoms with E-state index in [4.69, 9.17) is 9.72 Å². The van der Waals surface area contributed by atoms with Crippen LogP contribution in [0, 0.1) is 5.82 Å². The maximum atomic E-state index is 13.1. The molecule has 4 nitrogen and oxygen atoms in total. The molecule has 0 unspecified atom stereocenters. The van der Waals surface area contributed by atoms with E-state index in [0.717, 1.165) is 17.8 Å². The molecule has 0 aliphatic carbocycles. The second-order valence-corrected chi connectivity index (χ2v) is 6.83. The minimum Gasteiger partial charge on any atom is -0.368 e. The molecule has 1 aliphatic rings. The number of morpholine rings is 1. The minimum atomic E-state index is -0.351. The molecule has 1 saturated heterocycles. The molecular formula is C23H21FN2O2. The summed E-state index contributed by atoms with van der Waals surface area (Å²) in [4.78, 5) is 19.2. The summed E-state index contributed by atoms with van der Waals surface area (Å²) in [6.07, 6.45) is 0.480. The average molecular weight is 376 g/mol. The first-order chi connectivity index (χ1) is 13.7. The number of halogens is 1. The van der Waals surface area contributed by atoms with E-state index in [1.54, 1.807) is 4.90 Å². The molecule has 4 rings (SSSR count). The summed E-state index contributed by atoms with van der Waals surface area (Å²) in [5.41, 5.74) is 3.47. The second kappa shape index (κ2) is 8.31. The zero-order valence-electron chi connectivity index (χ0n) is 15.4. The van der Waals surface area contributed by atoms with E-state index in [1.165, 1.54) is 29.8 Å². The van der Waals surface area contributed by atoms with Gasteiger partial charge in [0.05, 0.1) is 18.8 Å². The monoisotopic (exact) mass is 376 g/mol. The van der Waals surface area contributed by atoms with Crippen LogP contribution in [0.1, 0.15) is 33.4 Å². The van der Waals surface area contributed by atoms with Gasteiger partial charge >= 0.3 is 0 Å². The third-order valence-corrected chi connectivity index (χ3v) is 4.83. The molecule has 5 heteroatoms. The predicted octanol–water partition coefficient (Wildman–Crippen LogP) is 4.03. The molecule has 1 aliphatic heterocycles. The summed E-state index contributed by atoms with van der Waals surface area (Å²) >= 11 is 0. The smallest absolute Gasteiger partial charge is 0.254 e. The van der Waals surface area contributed by atoms with Crippen LogP contribution in [0.5, 0.6) is 0 Å². The van der Waals surface area contributed by atoms with E-state index < -0.39 is 0 Å². The summed E-state index contributed by atoms with van der Waals surface area (Å²) in [7, 11) is 0. The number of carbonyl (C=O) groups is 1. The van der Waals surface area contributed by atoms with Gasteiger partial charge in [-0.25, -0.2) is 4.39 Å². The molecule has 2 aromatic carbocycles. The van der Waals surface area contributed by atoms with Crippen LogP contribution in [0.25, 0.3) is 0 Å². The lowest BCUT2D eigenvalue weighted by molar-refractivity contribution is -0.0247. The Kier molecular flexibility index (Phi) is 5.44. The van der Waals surface area contributed by atoms with E-state index in [-0.39, 0.29) is 17.8 Å². The topological polar surface area (TPSA) is 42.4 Å². The molecule has 2 heterocycles. The summed E-state index contributed by atoms with van der Waals surface area (Å²) < 4.78 is 19.0. The number of amides is 1. The maximum Gasteiger partial charge on any atom is 0.254 e. The molecule has 1 amide bonds. The van der Waals surface area contributed by atoms with Crippen molar-refractivity contribution in [3.63, 3.8) is 0 Å². The van der Waals surface area contributed by atoms with Crippen LogP contribution in [0.15, 0.2) is 72.8 Å². The Morgan fingerprint density at radius 1 is 1.04 bits per heavy atom. The number of rotatable bonds is 4. The minimum absolute atomic E-state index is 0.117. The number of hydrogen-bond acceptors (Lipinski definition) is 3. The fraction of sp³-hybridized carbons (Fsp3) is 0.217. The quantitative estimate of drug-likeness (QED) is 0.691. The zero-order valence-corrected chi connectivity index (χ0v) is 15.4. The summed E-state index contributed by atoms with van der Waals surface area (Å²) in [6.45, 7) is 1.39. The van der Waals surface area contributed by atoms with Crippen LogP contribution < -0.4 is 0 Å². The molecule has 142 valence electrons. The largest absolute Gasteiger partial charge is 0.368 e. The van der Waals surface area contributed by atoms with Crippen LogP contribution in [0.4, 0.5) is 4.39 Å². The lowest BCUT2D eigenvalue weighted by Gasteiger charge is -2.33. The molecule has 0 spiro atoms. The normalized spacial score (nSPS) is 16.8. The Labute approximate surface area is 163 Å². The molecule has 3 aromatic rings. The average Bonchev–Trinajstić information content (AvgIpc) is 2.75. The highest BCUT2D eigenvalue weighted by molar-refractivity contribution is 5.94. The Balaban J connectivity index is 1.48. The van der Waals surface area contributed by atoms with Crippen molar-refractivity contribution in [2.45, 2.75) is 12.5 Å². The van der Waals surface area contributed by atoms with Gasteiger partial charge in [-0.05, 0) is 42.0 Å². The molecule has 0 N–H and O–H groups in total. The number of benzene rings is 2. The molecule has 0 bridgehead atoms. The summed E-state index contributed by atoms with van der Waals surface area (Å²) in [6, 6.07) is 21.7. The van der Waals surface area contributed by atoms with Gasteiger partial charge in [0, 0.05) is 24.2 Å². The van der Waals surface area contributed by atoms with E-state index in [0.29, 0.717) is 25.3 Å². The highest BCUT2D eigenvalue weighted by Crippen LogP contribution is 2.23. The molecule has 1 fully saturated rings. The molecule has 1 atom stereocenters. The number of pyridine rings is 1. The van der Waals surface area contributed by atoms with E-state index in [1.807, 2.05) is 36.4 Å². The van der Waals surface area contributed by atoms with Crippen LogP contribution >= 0.6 is 0 Å². The first kappa shape index (κ1) is 18.3. The van der Waals surface area contributed by atoms with Crippen molar-refractivity contribution in [3.8, 4) is 0 Å². The van der Waals surface area contributed by atoms with Crippen molar-refractivity contribution in [3.05, 3.63) is 101 Å². The van der Waals surface area contributed by atoms with Gasteiger partial charge in [0.15, 0.2) is 0 Å². The van der Waals surface area contributed by atoms with Crippen molar-refractivity contribution in [2.24, 2.45) is 0 Å². The highest BCUT2D eigenvalue weighted by atomic mass is 19.1. The van der Waals surface area contributed by atoms with E-state index >= 15 is 0 Å². The molecule has 1 aromatic heterocycles. The molecular weight excluding hydrogens is 355 g/mol. The van der Waals surface area contributed by atoms with Gasteiger partial charge in [-0.3, -0.25) is 9.78 Å². The van der Waals surface area contributed by atoms with E-state index in [2.05, 4.69) is 12.1 Å². The second-order valence-electron chi connectivity index (χ2n) is 6.83. The summed E-state index contributed by atoms with van der Waals surface area (Å²) in [5, 5.41) is 0. The first-order valence-electron chi connectivity index (χ1n) is 9.35. The highest BCUT2D eigenvalue weighted by Gasteiger charge is 2.27. The fourth-order valence-corrected chi connectivity index (χ4v) is 3.37. The Morgan fingerprint density at radius 3 is 2.61 bits per heavy atom. The van der Waals surface area contributed by atoms with Gasteiger partial charge in [-0.1, -0.05) is 36.4 Å². The molecule has 0 radical (unpaired) electrons. The van der Waals surface area contributed by atoms with Gasteiger partial charge in [-0.15, -0.1) is 0 Å². The van der Waals surface area contributed by atoms with Crippen LogP contribution in [-0.4, -0.2) is 35.5 Å². The standard InChI is InChI=1S/C23H21FN2O2/c24-19-11-9-18(10-12-19)23(27)26-13-14-28-22(16-26)21-8-4-7-20(25-21)15-17-5-2-1-3-6-17/h1-12,22H,13-16H2/t22-/m1/s1. The van der Waals surface area contributed by atoms with Crippen LogP contribution in [0.3, 0.4) is 0 Å². The Morgan fingerprint density at radius 2 is 1.82 bits per heavy atom. The summed E-state index contributed by atoms with van der Waals surface area (Å²) in [5.74, 6) is -0.468. The number of ether oxygens (including phenoxy) is 1. The van der Waals surface area contributed by atoms with Gasteiger partial charge in [0.25, 0.3) is 5.91 Å². The van der Waals surface area contributed by atoms with Gasteiger partial charge in [-0.2, -0.15) is 0 Å². The van der Waals surface area contributed by atoms with Gasteiger partial charge in [0.1, 0.15) is 11.9 Å². The molecule has 0 saturated carbocycles. The van der Waals surface area contributed by atoms with Crippen molar-refractivity contribution in [1.29, 1.82) is 0 Å². The lowest BCUT2D eigenvalue weighted by atomic mass is 10.1. The van der Waals surface area contributed by atoms with Crippen LogP contribution in [0.2, 0.25) is 0 Å². The third kappa shape index (κ3) is 4.26. The number of carbonyl (C=O) groups excluding carboxylic acids is 1. The Hall–Kier alpha value is -3.05. The van der Waals surface area contributed by atoms with Crippen molar-refractivity contribution in [1.82, 2.24) is 9.88 Å². The SMILES string of the molecule is O=C(c1ccc(F)cc1)N1CCO[C@@H](c2cccc(Cc3ccccc3)n2)C1. The maximum absolute atomic E-state index is 13.1. The molecule has 28 heavy (non-hydrogen) atoms. The Bertz CT molecular complexity index is 944. The van der Waals surface area contributed by atoms with Gasteiger partial charge < -0.3 is 9.64 Å². The first-order valence-corrected chi connectivity index (χ1v) is 9.35. The fourth-order valence-electron chi connectivity index (χ4n) is 3.37. The number of nitrogens with zero attached hydrogens (tertiary/aromatic N) is 2. The van der Waals surface area contributed by atoms with Gasteiger partial charge in [0.2, 0.25) is 0 Å². The lowest BCUT2D eigenvalue weighted by Crippen LogP contribution is -2.42. The van der Waals surface area contributed by atoms with Crippen LogP contribution in [-0.2, 0) is 11.2 Å². The van der Waals surface area contributed by atoms with E-state index in [9.17, 15) is 9.18 Å². The van der Waals surface area contributed by atoms with Crippen molar-refractivity contribution >= 4 is 5.91 Å². The van der Waals surface area contributed by atoms with Crippen molar-refractivity contribution in [2.75, 3.05) is 19.7 Å². The number of aromatic nitrogens is 1. The third-order valence-electron chi connectivity index (χ3n) is 4.83. The predicted molar refractivity (Wildman–Crippen MR) is 104 cm³/mol. The number of hydrogen-bond donors (Lipinski definition) is 0.